The molecule has 0 bridgehead atoms. The average Bonchev–Trinajstić information content (AvgIpc) is 2.87. The molecule has 0 atom stereocenters. The van der Waals surface area contributed by atoms with Crippen molar-refractivity contribution in [2.75, 3.05) is 0 Å². The predicted octanol–water partition coefficient (Wildman–Crippen LogP) is 9.41. The van der Waals surface area contributed by atoms with Crippen LogP contribution in [0.1, 0.15) is 54.9 Å². The number of fused-ring (bicyclic) bond motifs is 1. The van der Waals surface area contributed by atoms with Gasteiger partial charge in [0.05, 0.1) is 6.42 Å². The second-order valence-electron chi connectivity index (χ2n) is 9.22. The summed E-state index contributed by atoms with van der Waals surface area (Å²) in [6.45, 7) is 2.20. The number of aryl methyl sites for hydroxylation is 1. The Hall–Kier alpha value is -3.65. The number of unbranched alkanes of at least 4 members (excludes halogenated alkanes) is 3. The maximum atomic E-state index is 15.3. The van der Waals surface area contributed by atoms with E-state index in [1.807, 2.05) is 12.1 Å². The lowest BCUT2D eigenvalue weighted by Crippen LogP contribution is -2.12. The largest absolute Gasteiger partial charge is 0.393 e. The second kappa shape index (κ2) is 11.6. The van der Waals surface area contributed by atoms with Crippen molar-refractivity contribution in [1.82, 2.24) is 0 Å². The molecule has 0 nitrogen and oxygen atoms in total. The first-order chi connectivity index (χ1) is 17.7. The van der Waals surface area contributed by atoms with Crippen LogP contribution in [-0.2, 0) is 12.8 Å². The third kappa shape index (κ3) is 6.98. The summed E-state index contributed by atoms with van der Waals surface area (Å²) in [5, 5.41) is 0.958. The van der Waals surface area contributed by atoms with Crippen molar-refractivity contribution in [3.8, 4) is 23.0 Å². The molecule has 0 unspecified atom stereocenters. The van der Waals surface area contributed by atoms with Crippen molar-refractivity contribution in [2.24, 2.45) is 0 Å². The first-order valence-electron chi connectivity index (χ1n) is 12.4. The Morgan fingerprint density at radius 1 is 0.730 bits per heavy atom. The second-order valence-corrected chi connectivity index (χ2v) is 9.22. The predicted molar refractivity (Wildman–Crippen MR) is 139 cm³/mol. The molecule has 0 amide bonds. The Morgan fingerprint density at radius 3 is 2.16 bits per heavy atom. The normalized spacial score (nSPS) is 11.4. The van der Waals surface area contributed by atoms with Gasteiger partial charge in [0, 0.05) is 22.1 Å². The highest BCUT2D eigenvalue weighted by Crippen LogP contribution is 2.32. The van der Waals surface area contributed by atoms with E-state index in [0.717, 1.165) is 29.7 Å². The SMILES string of the molecule is CCCCCCc1ccc(C#Cc2ccc3c(F)c(-c4ccc(CC(F)(F)F)c(F)c4)ccc3c2)cc1. The summed E-state index contributed by atoms with van der Waals surface area (Å²) in [6, 6.07) is 19.9. The molecule has 0 aliphatic carbocycles. The fourth-order valence-corrected chi connectivity index (χ4v) is 4.32. The van der Waals surface area contributed by atoms with Crippen molar-refractivity contribution in [1.29, 1.82) is 0 Å². The van der Waals surface area contributed by atoms with Gasteiger partial charge in [-0.05, 0) is 65.3 Å². The lowest BCUT2D eigenvalue weighted by atomic mass is 9.97. The molecular formula is C32H27F5. The van der Waals surface area contributed by atoms with Crippen LogP contribution in [0.5, 0.6) is 0 Å². The maximum Gasteiger partial charge on any atom is 0.393 e. The van der Waals surface area contributed by atoms with Gasteiger partial charge in [0.15, 0.2) is 0 Å². The summed E-state index contributed by atoms with van der Waals surface area (Å²) in [5.74, 6) is 4.69. The van der Waals surface area contributed by atoms with Crippen LogP contribution >= 0.6 is 0 Å². The molecule has 0 aromatic heterocycles. The molecule has 0 aliphatic heterocycles. The molecule has 0 saturated heterocycles. The molecule has 0 fully saturated rings. The van der Waals surface area contributed by atoms with E-state index in [4.69, 9.17) is 0 Å². The fraction of sp³-hybridized carbons (Fsp3) is 0.250. The number of rotatable bonds is 7. The molecule has 5 heteroatoms. The van der Waals surface area contributed by atoms with Crippen molar-refractivity contribution in [3.63, 3.8) is 0 Å². The van der Waals surface area contributed by atoms with Gasteiger partial charge in [-0.1, -0.05) is 80.5 Å². The van der Waals surface area contributed by atoms with Gasteiger partial charge < -0.3 is 0 Å². The molecule has 0 aliphatic rings. The minimum Gasteiger partial charge on any atom is -0.207 e. The standard InChI is InChI=1S/C32H27F5/c1-2-3-4-5-6-22-7-9-23(10-8-22)11-12-24-13-17-28-25(19-24)16-18-29(31(28)34)26-14-15-27(30(33)20-26)21-32(35,36)37/h7-10,13-20H,2-6,21H2,1H3. The number of halogens is 5. The molecule has 0 heterocycles. The van der Waals surface area contributed by atoms with Crippen molar-refractivity contribution >= 4 is 10.8 Å². The van der Waals surface area contributed by atoms with E-state index in [1.54, 1.807) is 24.3 Å². The van der Waals surface area contributed by atoms with Crippen molar-refractivity contribution < 1.29 is 22.0 Å². The van der Waals surface area contributed by atoms with E-state index in [-0.39, 0.29) is 11.1 Å². The lowest BCUT2D eigenvalue weighted by molar-refractivity contribution is -0.127. The van der Waals surface area contributed by atoms with Crippen LogP contribution in [-0.4, -0.2) is 6.18 Å². The van der Waals surface area contributed by atoms with E-state index in [0.29, 0.717) is 10.8 Å². The van der Waals surface area contributed by atoms with Gasteiger partial charge in [0.2, 0.25) is 0 Å². The molecule has 0 radical (unpaired) electrons. The molecule has 0 saturated carbocycles. The van der Waals surface area contributed by atoms with E-state index >= 15 is 4.39 Å². The first-order valence-corrected chi connectivity index (χ1v) is 12.4. The van der Waals surface area contributed by atoms with Crippen LogP contribution in [0.2, 0.25) is 0 Å². The number of benzene rings is 4. The lowest BCUT2D eigenvalue weighted by Gasteiger charge is -2.11. The van der Waals surface area contributed by atoms with E-state index in [2.05, 4.69) is 30.9 Å². The highest BCUT2D eigenvalue weighted by atomic mass is 19.4. The molecule has 4 aromatic carbocycles. The van der Waals surface area contributed by atoms with Crippen LogP contribution < -0.4 is 0 Å². The Kier molecular flexibility index (Phi) is 8.28. The third-order valence-electron chi connectivity index (χ3n) is 6.33. The zero-order valence-electron chi connectivity index (χ0n) is 20.6. The topological polar surface area (TPSA) is 0 Å². The summed E-state index contributed by atoms with van der Waals surface area (Å²) in [5.41, 5.74) is 2.76. The van der Waals surface area contributed by atoms with Gasteiger partial charge in [-0.25, -0.2) is 8.78 Å². The zero-order valence-corrected chi connectivity index (χ0v) is 20.6. The summed E-state index contributed by atoms with van der Waals surface area (Å²) < 4.78 is 67.4. The monoisotopic (exact) mass is 506 g/mol. The zero-order chi connectivity index (χ0) is 26.4. The molecule has 0 N–H and O–H groups in total. The highest BCUT2D eigenvalue weighted by Gasteiger charge is 2.29. The summed E-state index contributed by atoms with van der Waals surface area (Å²) in [4.78, 5) is 0. The molecule has 190 valence electrons. The Bertz CT molecular complexity index is 1440. The summed E-state index contributed by atoms with van der Waals surface area (Å²) >= 11 is 0. The van der Waals surface area contributed by atoms with Gasteiger partial charge in [0.25, 0.3) is 0 Å². The smallest absolute Gasteiger partial charge is 0.207 e. The van der Waals surface area contributed by atoms with Crippen molar-refractivity contribution in [2.45, 2.75) is 51.6 Å². The first kappa shape index (κ1) is 26.4. The molecule has 37 heavy (non-hydrogen) atoms. The molecule has 4 rings (SSSR count). The van der Waals surface area contributed by atoms with Gasteiger partial charge in [-0.2, -0.15) is 13.2 Å². The quantitative estimate of drug-likeness (QED) is 0.133. The fourth-order valence-electron chi connectivity index (χ4n) is 4.32. The number of hydrogen-bond donors (Lipinski definition) is 0. The average molecular weight is 507 g/mol. The van der Waals surface area contributed by atoms with Gasteiger partial charge >= 0.3 is 6.18 Å². The van der Waals surface area contributed by atoms with Crippen molar-refractivity contribution in [3.05, 3.63) is 107 Å². The third-order valence-corrected chi connectivity index (χ3v) is 6.33. The Balaban J connectivity index is 1.51. The van der Waals surface area contributed by atoms with Gasteiger partial charge in [-0.3, -0.25) is 0 Å². The van der Waals surface area contributed by atoms with E-state index in [1.165, 1.54) is 43.4 Å². The number of hydrogen-bond acceptors (Lipinski definition) is 0. The van der Waals surface area contributed by atoms with Gasteiger partial charge in [-0.15, -0.1) is 0 Å². The highest BCUT2D eigenvalue weighted by molar-refractivity contribution is 5.89. The van der Waals surface area contributed by atoms with E-state index in [9.17, 15) is 17.6 Å². The van der Waals surface area contributed by atoms with Crippen LogP contribution in [0.4, 0.5) is 22.0 Å². The Labute approximate surface area is 214 Å². The van der Waals surface area contributed by atoms with Crippen LogP contribution in [0.3, 0.4) is 0 Å². The van der Waals surface area contributed by atoms with Crippen LogP contribution in [0.15, 0.2) is 72.8 Å². The molecule has 0 spiro atoms. The molecule has 4 aromatic rings. The molecular weight excluding hydrogens is 479 g/mol. The summed E-state index contributed by atoms with van der Waals surface area (Å²) in [7, 11) is 0. The maximum absolute atomic E-state index is 15.3. The van der Waals surface area contributed by atoms with E-state index < -0.39 is 29.8 Å². The number of alkyl halides is 3. The minimum atomic E-state index is -4.52. The van der Waals surface area contributed by atoms with Crippen LogP contribution in [0, 0.1) is 23.5 Å². The van der Waals surface area contributed by atoms with Crippen LogP contribution in [0.25, 0.3) is 21.9 Å². The summed E-state index contributed by atoms with van der Waals surface area (Å²) in [6.07, 6.45) is 0.0909. The minimum absolute atomic E-state index is 0.124. The Morgan fingerprint density at radius 2 is 1.46 bits per heavy atom. The van der Waals surface area contributed by atoms with Gasteiger partial charge in [0.1, 0.15) is 11.6 Å².